The second kappa shape index (κ2) is 8.11. The summed E-state index contributed by atoms with van der Waals surface area (Å²) in [4.78, 5) is 15.3. The summed E-state index contributed by atoms with van der Waals surface area (Å²) in [7, 11) is 0. The van der Waals surface area contributed by atoms with Crippen LogP contribution >= 0.6 is 0 Å². The van der Waals surface area contributed by atoms with E-state index < -0.39 is 0 Å². The van der Waals surface area contributed by atoms with E-state index in [9.17, 15) is 9.18 Å². The molecule has 1 aromatic rings. The Morgan fingerprint density at radius 3 is 2.46 bits per heavy atom. The molecule has 24 heavy (non-hydrogen) atoms. The Balaban J connectivity index is 1.68. The van der Waals surface area contributed by atoms with Gasteiger partial charge in [0.15, 0.2) is 0 Å². The highest BCUT2D eigenvalue weighted by atomic mass is 19.1. The van der Waals surface area contributed by atoms with Crippen LogP contribution in [0.3, 0.4) is 0 Å². The number of hydrogen-bond acceptors (Lipinski definition) is 2. The summed E-state index contributed by atoms with van der Waals surface area (Å²) in [6.45, 7) is 1.36. The maximum absolute atomic E-state index is 13.2. The van der Waals surface area contributed by atoms with Gasteiger partial charge in [0.2, 0.25) is 5.91 Å². The second-order valence-corrected chi connectivity index (χ2v) is 7.38. The molecule has 3 nitrogen and oxygen atoms in total. The van der Waals surface area contributed by atoms with Crippen LogP contribution in [-0.4, -0.2) is 29.9 Å². The van der Waals surface area contributed by atoms with E-state index in [4.69, 9.17) is 5.73 Å². The third kappa shape index (κ3) is 3.97. The molecule has 0 aliphatic heterocycles. The first kappa shape index (κ1) is 17.4. The molecule has 0 radical (unpaired) electrons. The number of carbonyl (C=O) groups is 1. The highest BCUT2D eigenvalue weighted by molar-refractivity contribution is 5.80. The maximum Gasteiger partial charge on any atom is 0.226 e. The minimum absolute atomic E-state index is 0.115. The summed E-state index contributed by atoms with van der Waals surface area (Å²) in [5.74, 6) is 0.576. The van der Waals surface area contributed by atoms with Crippen molar-refractivity contribution < 1.29 is 9.18 Å². The SMILES string of the molecule is NC[C@H]1CCC[C@H]1C(=O)N(CCc1ccc(F)cc1)C1CCCC1. The average Bonchev–Trinajstić information content (AvgIpc) is 3.28. The first-order valence-electron chi connectivity index (χ1n) is 9.44. The predicted octanol–water partition coefficient (Wildman–Crippen LogP) is 3.51. The number of carbonyl (C=O) groups excluding carboxylic acids is 1. The summed E-state index contributed by atoms with van der Waals surface area (Å²) in [6.07, 6.45) is 8.66. The van der Waals surface area contributed by atoms with Crippen molar-refractivity contribution in [2.75, 3.05) is 13.1 Å². The van der Waals surface area contributed by atoms with Gasteiger partial charge < -0.3 is 10.6 Å². The first-order valence-corrected chi connectivity index (χ1v) is 9.44. The quantitative estimate of drug-likeness (QED) is 0.866. The zero-order valence-corrected chi connectivity index (χ0v) is 14.4. The van der Waals surface area contributed by atoms with Crippen LogP contribution < -0.4 is 5.73 Å². The molecule has 132 valence electrons. The van der Waals surface area contributed by atoms with Gasteiger partial charge in [-0.05, 0) is 62.3 Å². The van der Waals surface area contributed by atoms with Crippen LogP contribution in [0.4, 0.5) is 4.39 Å². The van der Waals surface area contributed by atoms with Gasteiger partial charge in [-0.15, -0.1) is 0 Å². The van der Waals surface area contributed by atoms with Gasteiger partial charge in [-0.3, -0.25) is 4.79 Å². The van der Waals surface area contributed by atoms with Gasteiger partial charge >= 0.3 is 0 Å². The number of rotatable bonds is 6. The lowest BCUT2D eigenvalue weighted by Crippen LogP contribution is -2.45. The van der Waals surface area contributed by atoms with Gasteiger partial charge in [-0.1, -0.05) is 31.4 Å². The summed E-state index contributed by atoms with van der Waals surface area (Å²) >= 11 is 0. The fraction of sp³-hybridized carbons (Fsp3) is 0.650. The summed E-state index contributed by atoms with van der Waals surface area (Å²) in [6, 6.07) is 7.03. The molecule has 0 bridgehead atoms. The molecule has 0 heterocycles. The number of halogens is 1. The molecular formula is C20H29FN2O. The molecule has 2 N–H and O–H groups in total. The van der Waals surface area contributed by atoms with Crippen molar-refractivity contribution in [2.24, 2.45) is 17.6 Å². The monoisotopic (exact) mass is 332 g/mol. The topological polar surface area (TPSA) is 46.3 Å². The Morgan fingerprint density at radius 1 is 1.08 bits per heavy atom. The van der Waals surface area contributed by atoms with Crippen molar-refractivity contribution in [2.45, 2.75) is 57.4 Å². The first-order chi connectivity index (χ1) is 11.7. The predicted molar refractivity (Wildman–Crippen MR) is 94.0 cm³/mol. The lowest BCUT2D eigenvalue weighted by Gasteiger charge is -2.33. The van der Waals surface area contributed by atoms with Gasteiger partial charge in [-0.25, -0.2) is 4.39 Å². The van der Waals surface area contributed by atoms with Crippen molar-refractivity contribution in [3.63, 3.8) is 0 Å². The Bertz CT molecular complexity index is 539. The largest absolute Gasteiger partial charge is 0.339 e. The van der Waals surface area contributed by atoms with E-state index >= 15 is 0 Å². The molecule has 1 amide bonds. The molecule has 2 saturated carbocycles. The maximum atomic E-state index is 13.2. The van der Waals surface area contributed by atoms with Crippen LogP contribution in [-0.2, 0) is 11.2 Å². The van der Waals surface area contributed by atoms with E-state index in [-0.39, 0.29) is 11.7 Å². The molecule has 2 fully saturated rings. The fourth-order valence-electron chi connectivity index (χ4n) is 4.45. The van der Waals surface area contributed by atoms with E-state index in [2.05, 4.69) is 4.90 Å². The smallest absolute Gasteiger partial charge is 0.226 e. The van der Waals surface area contributed by atoms with Crippen molar-refractivity contribution in [1.82, 2.24) is 4.90 Å². The van der Waals surface area contributed by atoms with E-state index in [1.54, 1.807) is 0 Å². The van der Waals surface area contributed by atoms with Gasteiger partial charge in [0.25, 0.3) is 0 Å². The molecule has 0 unspecified atom stereocenters. The van der Waals surface area contributed by atoms with E-state index in [1.165, 1.54) is 25.0 Å². The molecule has 2 aliphatic rings. The summed E-state index contributed by atoms with van der Waals surface area (Å²) in [5, 5.41) is 0. The number of nitrogens with zero attached hydrogens (tertiary/aromatic N) is 1. The Labute approximate surface area is 144 Å². The number of benzene rings is 1. The van der Waals surface area contributed by atoms with Crippen molar-refractivity contribution in [3.05, 3.63) is 35.6 Å². The summed E-state index contributed by atoms with van der Waals surface area (Å²) in [5.41, 5.74) is 6.98. The number of amides is 1. The van der Waals surface area contributed by atoms with Crippen LogP contribution in [0.1, 0.15) is 50.5 Å². The van der Waals surface area contributed by atoms with Crippen LogP contribution in [0.15, 0.2) is 24.3 Å². The normalized spacial score (nSPS) is 24.4. The van der Waals surface area contributed by atoms with Crippen molar-refractivity contribution in [1.29, 1.82) is 0 Å². The lowest BCUT2D eigenvalue weighted by atomic mass is 9.93. The van der Waals surface area contributed by atoms with Crippen LogP contribution in [0.2, 0.25) is 0 Å². The van der Waals surface area contributed by atoms with E-state index in [0.29, 0.717) is 24.4 Å². The Morgan fingerprint density at radius 2 is 1.79 bits per heavy atom. The van der Waals surface area contributed by atoms with Crippen molar-refractivity contribution >= 4 is 5.91 Å². The second-order valence-electron chi connectivity index (χ2n) is 7.38. The molecular weight excluding hydrogens is 303 g/mol. The third-order valence-electron chi connectivity index (χ3n) is 5.88. The van der Waals surface area contributed by atoms with Gasteiger partial charge in [-0.2, -0.15) is 0 Å². The summed E-state index contributed by atoms with van der Waals surface area (Å²) < 4.78 is 13.1. The third-order valence-corrected chi connectivity index (χ3v) is 5.88. The minimum atomic E-state index is -0.209. The average molecular weight is 332 g/mol. The minimum Gasteiger partial charge on any atom is -0.339 e. The molecule has 1 aromatic carbocycles. The zero-order chi connectivity index (χ0) is 16.9. The molecule has 0 spiro atoms. The number of nitrogens with two attached hydrogens (primary N) is 1. The molecule has 0 aromatic heterocycles. The lowest BCUT2D eigenvalue weighted by molar-refractivity contribution is -0.138. The van der Waals surface area contributed by atoms with Gasteiger partial charge in [0.05, 0.1) is 0 Å². The Hall–Kier alpha value is -1.42. The Kier molecular flexibility index (Phi) is 5.88. The molecule has 2 aliphatic carbocycles. The molecule has 2 atom stereocenters. The van der Waals surface area contributed by atoms with Crippen LogP contribution in [0, 0.1) is 17.7 Å². The van der Waals surface area contributed by atoms with Crippen LogP contribution in [0.5, 0.6) is 0 Å². The highest BCUT2D eigenvalue weighted by Crippen LogP contribution is 2.34. The fourth-order valence-corrected chi connectivity index (χ4v) is 4.45. The molecule has 0 saturated heterocycles. The number of hydrogen-bond donors (Lipinski definition) is 1. The van der Waals surface area contributed by atoms with E-state index in [1.807, 2.05) is 12.1 Å². The molecule has 4 heteroatoms. The van der Waals surface area contributed by atoms with Crippen molar-refractivity contribution in [3.8, 4) is 0 Å². The van der Waals surface area contributed by atoms with E-state index in [0.717, 1.165) is 50.6 Å². The van der Waals surface area contributed by atoms with Gasteiger partial charge in [0.1, 0.15) is 5.82 Å². The van der Waals surface area contributed by atoms with Gasteiger partial charge in [0, 0.05) is 18.5 Å². The molecule has 3 rings (SSSR count). The highest BCUT2D eigenvalue weighted by Gasteiger charge is 2.37. The van der Waals surface area contributed by atoms with Crippen LogP contribution in [0.25, 0.3) is 0 Å². The zero-order valence-electron chi connectivity index (χ0n) is 14.4. The standard InChI is InChI=1S/C20H29FN2O/c21-17-10-8-15(9-11-17)12-13-23(18-5-1-2-6-18)20(24)19-7-3-4-16(19)14-22/h8-11,16,18-19H,1-7,12-14,22H2/t16-,19-/m1/s1.